The minimum atomic E-state index is -1.48. The van der Waals surface area contributed by atoms with E-state index in [1.165, 1.54) is 6.08 Å². The second kappa shape index (κ2) is 5.87. The highest BCUT2D eigenvalue weighted by molar-refractivity contribution is 5.68. The predicted octanol–water partition coefficient (Wildman–Crippen LogP) is -1.11. The highest BCUT2D eigenvalue weighted by Crippen LogP contribution is 2.20. The fraction of sp³-hybridized carbons (Fsp3) is 0.750. The van der Waals surface area contributed by atoms with Crippen molar-refractivity contribution in [3.8, 4) is 0 Å². The van der Waals surface area contributed by atoms with Gasteiger partial charge in [-0.2, -0.15) is 0 Å². The lowest BCUT2D eigenvalue weighted by molar-refractivity contribution is -0.0647. The number of ether oxygens (including phenoxy) is 1. The summed E-state index contributed by atoms with van der Waals surface area (Å²) in [6, 6.07) is -0.935. The number of alkyl carbamates (subject to hydrolysis) is 1. The Bertz CT molecular complexity index is 362. The Hall–Kier alpha value is -1.15. The maximum Gasteiger partial charge on any atom is 0.408 e. The SMILES string of the molecule is CC(C)(C)OC(=O)N[C@@H]1C=C(CO)[C@H](O)[C@H](O)C1O. The lowest BCUT2D eigenvalue weighted by atomic mass is 9.88. The van der Waals surface area contributed by atoms with Gasteiger partial charge in [0.25, 0.3) is 0 Å². The lowest BCUT2D eigenvalue weighted by Gasteiger charge is -2.34. The monoisotopic (exact) mass is 275 g/mol. The van der Waals surface area contributed by atoms with Gasteiger partial charge < -0.3 is 30.5 Å². The molecule has 7 nitrogen and oxygen atoms in total. The van der Waals surface area contributed by atoms with E-state index >= 15 is 0 Å². The first-order valence-electron chi connectivity index (χ1n) is 6.01. The second-order valence-electron chi connectivity index (χ2n) is 5.50. The summed E-state index contributed by atoms with van der Waals surface area (Å²) in [5, 5.41) is 40.4. The molecular weight excluding hydrogens is 254 g/mol. The Kier molecular flexibility index (Phi) is 4.92. The maximum absolute atomic E-state index is 11.6. The molecular formula is C12H21NO6. The zero-order chi connectivity index (χ0) is 14.8. The molecule has 1 unspecified atom stereocenters. The van der Waals surface area contributed by atoms with Crippen LogP contribution < -0.4 is 5.32 Å². The summed E-state index contributed by atoms with van der Waals surface area (Å²) in [5.41, 5.74) is -0.551. The van der Waals surface area contributed by atoms with E-state index in [9.17, 15) is 20.1 Å². The van der Waals surface area contributed by atoms with E-state index < -0.39 is 42.7 Å². The molecule has 0 aromatic rings. The number of hydrogen-bond donors (Lipinski definition) is 5. The van der Waals surface area contributed by atoms with Crippen LogP contribution in [0.3, 0.4) is 0 Å². The van der Waals surface area contributed by atoms with Crippen molar-refractivity contribution in [2.24, 2.45) is 0 Å². The zero-order valence-corrected chi connectivity index (χ0v) is 11.2. The molecule has 1 aliphatic carbocycles. The van der Waals surface area contributed by atoms with Gasteiger partial charge in [0, 0.05) is 0 Å². The van der Waals surface area contributed by atoms with E-state index in [0.717, 1.165) is 0 Å². The van der Waals surface area contributed by atoms with Gasteiger partial charge in [0.05, 0.1) is 12.6 Å². The van der Waals surface area contributed by atoms with Gasteiger partial charge in [-0.3, -0.25) is 0 Å². The minimum absolute atomic E-state index is 0.138. The van der Waals surface area contributed by atoms with E-state index in [-0.39, 0.29) is 5.57 Å². The van der Waals surface area contributed by atoms with Crippen LogP contribution in [0.4, 0.5) is 4.79 Å². The number of aliphatic hydroxyl groups is 4. The third-order valence-electron chi connectivity index (χ3n) is 2.68. The van der Waals surface area contributed by atoms with Gasteiger partial charge in [0.2, 0.25) is 0 Å². The van der Waals surface area contributed by atoms with E-state index in [2.05, 4.69) is 5.32 Å². The predicted molar refractivity (Wildman–Crippen MR) is 66.3 cm³/mol. The lowest BCUT2D eigenvalue weighted by Crippen LogP contribution is -2.55. The summed E-state index contributed by atoms with van der Waals surface area (Å²) < 4.78 is 5.02. The molecule has 0 aromatic heterocycles. The zero-order valence-electron chi connectivity index (χ0n) is 11.2. The minimum Gasteiger partial charge on any atom is -0.444 e. The molecule has 0 fully saturated rings. The number of aliphatic hydroxyl groups excluding tert-OH is 4. The highest BCUT2D eigenvalue weighted by atomic mass is 16.6. The van der Waals surface area contributed by atoms with E-state index in [4.69, 9.17) is 9.84 Å². The number of carbonyl (C=O) groups is 1. The summed E-state index contributed by atoms with van der Waals surface area (Å²) >= 11 is 0. The summed E-state index contributed by atoms with van der Waals surface area (Å²) in [6.45, 7) is 4.60. The van der Waals surface area contributed by atoms with Crippen molar-refractivity contribution < 1.29 is 30.0 Å². The maximum atomic E-state index is 11.6. The van der Waals surface area contributed by atoms with Gasteiger partial charge in [-0.05, 0) is 26.3 Å². The topological polar surface area (TPSA) is 119 Å². The smallest absolute Gasteiger partial charge is 0.408 e. The molecule has 0 spiro atoms. The first kappa shape index (κ1) is 15.9. The highest BCUT2D eigenvalue weighted by Gasteiger charge is 2.38. The van der Waals surface area contributed by atoms with Gasteiger partial charge in [-0.1, -0.05) is 6.08 Å². The standard InChI is InChI=1S/C12H21NO6/c1-12(2,3)19-11(18)13-7-4-6(5-14)8(15)10(17)9(7)16/h4,7-10,14-17H,5H2,1-3H3,(H,13,18)/t7-,8+,9?,10+/m1/s1. The average Bonchev–Trinajstić information content (AvgIpc) is 2.27. The van der Waals surface area contributed by atoms with E-state index in [1.807, 2.05) is 0 Å². The summed E-state index contributed by atoms with van der Waals surface area (Å²) in [6.07, 6.45) is -3.65. The quantitative estimate of drug-likeness (QED) is 0.408. The Morgan fingerprint density at radius 3 is 2.37 bits per heavy atom. The molecule has 0 bridgehead atoms. The number of hydrogen-bond acceptors (Lipinski definition) is 6. The number of rotatable bonds is 2. The third-order valence-corrected chi connectivity index (χ3v) is 2.68. The van der Waals surface area contributed by atoms with Crippen LogP contribution in [-0.4, -0.2) is 63.1 Å². The van der Waals surface area contributed by atoms with Crippen molar-refractivity contribution in [1.82, 2.24) is 5.32 Å². The molecule has 19 heavy (non-hydrogen) atoms. The molecule has 0 aromatic carbocycles. The van der Waals surface area contributed by atoms with Crippen molar-refractivity contribution in [3.05, 3.63) is 11.6 Å². The largest absolute Gasteiger partial charge is 0.444 e. The van der Waals surface area contributed by atoms with Gasteiger partial charge in [0.1, 0.15) is 23.9 Å². The molecule has 1 amide bonds. The Labute approximate surface area is 111 Å². The van der Waals surface area contributed by atoms with Crippen molar-refractivity contribution >= 4 is 6.09 Å². The number of carbonyl (C=O) groups excluding carboxylic acids is 1. The summed E-state index contributed by atoms with van der Waals surface area (Å²) in [4.78, 5) is 11.6. The summed E-state index contributed by atoms with van der Waals surface area (Å²) in [5.74, 6) is 0. The molecule has 0 aliphatic heterocycles. The van der Waals surface area contributed by atoms with Crippen molar-refractivity contribution in [2.45, 2.75) is 50.7 Å². The Morgan fingerprint density at radius 2 is 1.89 bits per heavy atom. The molecule has 1 aliphatic rings. The Morgan fingerprint density at radius 1 is 1.32 bits per heavy atom. The van der Waals surface area contributed by atoms with Crippen LogP contribution in [0, 0.1) is 0 Å². The molecule has 1 rings (SSSR count). The normalized spacial score (nSPS) is 31.6. The van der Waals surface area contributed by atoms with E-state index in [1.54, 1.807) is 20.8 Å². The first-order valence-corrected chi connectivity index (χ1v) is 6.01. The second-order valence-corrected chi connectivity index (χ2v) is 5.50. The first-order chi connectivity index (χ1) is 8.65. The van der Waals surface area contributed by atoms with Crippen LogP contribution >= 0.6 is 0 Å². The van der Waals surface area contributed by atoms with Crippen molar-refractivity contribution in [3.63, 3.8) is 0 Å². The van der Waals surface area contributed by atoms with Crippen LogP contribution in [0.15, 0.2) is 11.6 Å². The number of nitrogens with one attached hydrogen (secondary N) is 1. The van der Waals surface area contributed by atoms with Crippen LogP contribution in [0.5, 0.6) is 0 Å². The average molecular weight is 275 g/mol. The number of amides is 1. The van der Waals surface area contributed by atoms with Crippen LogP contribution in [0.1, 0.15) is 20.8 Å². The summed E-state index contributed by atoms with van der Waals surface area (Å²) in [7, 11) is 0. The molecule has 0 heterocycles. The third kappa shape index (κ3) is 4.17. The van der Waals surface area contributed by atoms with Crippen molar-refractivity contribution in [2.75, 3.05) is 6.61 Å². The Balaban J connectivity index is 2.76. The molecule has 0 radical (unpaired) electrons. The van der Waals surface area contributed by atoms with E-state index in [0.29, 0.717) is 0 Å². The molecule has 0 saturated carbocycles. The van der Waals surface area contributed by atoms with Gasteiger partial charge in [0.15, 0.2) is 0 Å². The van der Waals surface area contributed by atoms with Crippen LogP contribution in [0.25, 0.3) is 0 Å². The fourth-order valence-corrected chi connectivity index (χ4v) is 1.76. The molecule has 110 valence electrons. The molecule has 7 heteroatoms. The molecule has 5 N–H and O–H groups in total. The molecule has 4 atom stereocenters. The van der Waals surface area contributed by atoms with Crippen LogP contribution in [0.2, 0.25) is 0 Å². The fourth-order valence-electron chi connectivity index (χ4n) is 1.76. The molecule has 0 saturated heterocycles. The van der Waals surface area contributed by atoms with Gasteiger partial charge in [-0.15, -0.1) is 0 Å². The van der Waals surface area contributed by atoms with Gasteiger partial charge >= 0.3 is 6.09 Å². The van der Waals surface area contributed by atoms with Crippen molar-refractivity contribution in [1.29, 1.82) is 0 Å². The van der Waals surface area contributed by atoms with Gasteiger partial charge in [-0.25, -0.2) is 4.79 Å². The van der Waals surface area contributed by atoms with Crippen LogP contribution in [-0.2, 0) is 4.74 Å².